The third-order valence-electron chi connectivity index (χ3n) is 4.22. The molecular formula is C20H21ClN4O2S2. The molecule has 29 heavy (non-hydrogen) atoms. The lowest BCUT2D eigenvalue weighted by molar-refractivity contribution is 0.445. The van der Waals surface area contributed by atoms with Crippen LogP contribution in [0.4, 0.5) is 5.13 Å². The molecule has 0 aliphatic rings. The van der Waals surface area contributed by atoms with Crippen LogP contribution in [-0.4, -0.2) is 37.0 Å². The van der Waals surface area contributed by atoms with Crippen molar-refractivity contribution in [2.75, 3.05) is 18.5 Å². The number of nitrogens with one attached hydrogen (secondary N) is 1. The smallest absolute Gasteiger partial charge is 0.243 e. The van der Waals surface area contributed by atoms with Crippen LogP contribution in [0.25, 0.3) is 11.3 Å². The summed E-state index contributed by atoms with van der Waals surface area (Å²) in [5.74, 6) is 0. The molecule has 1 heterocycles. The Morgan fingerprint density at radius 3 is 2.55 bits per heavy atom. The van der Waals surface area contributed by atoms with Crippen molar-refractivity contribution >= 4 is 44.3 Å². The van der Waals surface area contributed by atoms with Gasteiger partial charge in [0.1, 0.15) is 0 Å². The van der Waals surface area contributed by atoms with Crippen LogP contribution in [-0.2, 0) is 10.0 Å². The fraction of sp³-hybridized carbons (Fsp3) is 0.200. The molecular weight excluding hydrogens is 428 g/mol. The molecule has 0 fully saturated rings. The van der Waals surface area contributed by atoms with Crippen molar-refractivity contribution in [2.45, 2.75) is 18.7 Å². The van der Waals surface area contributed by atoms with Crippen molar-refractivity contribution in [3.8, 4) is 11.3 Å². The lowest BCUT2D eigenvalue weighted by atomic mass is 10.2. The van der Waals surface area contributed by atoms with E-state index in [9.17, 15) is 8.42 Å². The standard InChI is InChI=1S/C20H21ClN4O2S2/c1-3-25(4-2)29(26,27)18-10-8-16(9-11-18)19-14-28-20(23-19)24-22-13-15-6-5-7-17(21)12-15/h5-14H,3-4H2,1-2H3,(H,23,24)/b22-13+. The first-order valence-corrected chi connectivity index (χ1v) is 11.7. The number of hydrogen-bond donors (Lipinski definition) is 1. The molecule has 0 spiro atoms. The summed E-state index contributed by atoms with van der Waals surface area (Å²) in [6.45, 7) is 4.54. The molecule has 1 aromatic heterocycles. The van der Waals surface area contributed by atoms with Crippen molar-refractivity contribution in [1.29, 1.82) is 0 Å². The second-order valence-electron chi connectivity index (χ2n) is 6.08. The molecule has 0 aliphatic heterocycles. The number of nitrogens with zero attached hydrogens (tertiary/aromatic N) is 3. The first-order chi connectivity index (χ1) is 13.9. The van der Waals surface area contributed by atoms with E-state index in [1.165, 1.54) is 15.6 Å². The number of sulfonamides is 1. The van der Waals surface area contributed by atoms with E-state index in [2.05, 4.69) is 15.5 Å². The van der Waals surface area contributed by atoms with Gasteiger partial charge in [-0.2, -0.15) is 9.41 Å². The molecule has 2 aromatic carbocycles. The Balaban J connectivity index is 1.70. The number of anilines is 1. The number of aromatic nitrogens is 1. The number of rotatable bonds is 8. The SMILES string of the molecule is CCN(CC)S(=O)(=O)c1ccc(-c2csc(N/N=C/c3cccc(Cl)c3)n2)cc1. The van der Waals surface area contributed by atoms with Gasteiger partial charge in [-0.1, -0.05) is 49.7 Å². The van der Waals surface area contributed by atoms with Crippen LogP contribution in [0.3, 0.4) is 0 Å². The predicted octanol–water partition coefficient (Wildman–Crippen LogP) is 4.94. The fourth-order valence-electron chi connectivity index (χ4n) is 2.72. The average Bonchev–Trinajstić information content (AvgIpc) is 3.18. The maximum Gasteiger partial charge on any atom is 0.243 e. The molecule has 0 amide bonds. The number of thiazole rings is 1. The van der Waals surface area contributed by atoms with Gasteiger partial charge in [-0.25, -0.2) is 13.4 Å². The Labute approximate surface area is 179 Å². The summed E-state index contributed by atoms with van der Waals surface area (Å²) in [6, 6.07) is 14.1. The second-order valence-corrected chi connectivity index (χ2v) is 9.31. The van der Waals surface area contributed by atoms with Crippen molar-refractivity contribution in [3.05, 3.63) is 64.5 Å². The zero-order chi connectivity index (χ0) is 20.9. The third-order valence-corrected chi connectivity index (χ3v) is 7.27. The van der Waals surface area contributed by atoms with E-state index >= 15 is 0 Å². The monoisotopic (exact) mass is 448 g/mol. The lowest BCUT2D eigenvalue weighted by Gasteiger charge is -2.18. The van der Waals surface area contributed by atoms with Gasteiger partial charge < -0.3 is 0 Å². The highest BCUT2D eigenvalue weighted by Gasteiger charge is 2.21. The van der Waals surface area contributed by atoms with Crippen LogP contribution in [0.2, 0.25) is 5.02 Å². The van der Waals surface area contributed by atoms with Gasteiger partial charge in [0.2, 0.25) is 15.2 Å². The van der Waals surface area contributed by atoms with E-state index in [1.807, 2.05) is 37.4 Å². The molecule has 6 nitrogen and oxygen atoms in total. The predicted molar refractivity (Wildman–Crippen MR) is 120 cm³/mol. The van der Waals surface area contributed by atoms with Crippen LogP contribution in [0.15, 0.2) is 63.9 Å². The topological polar surface area (TPSA) is 74.7 Å². The number of benzene rings is 2. The van der Waals surface area contributed by atoms with Crippen molar-refractivity contribution in [3.63, 3.8) is 0 Å². The van der Waals surface area contributed by atoms with E-state index in [-0.39, 0.29) is 4.90 Å². The van der Waals surface area contributed by atoms with Crippen molar-refractivity contribution in [2.24, 2.45) is 5.10 Å². The van der Waals surface area contributed by atoms with Crippen LogP contribution >= 0.6 is 22.9 Å². The van der Waals surface area contributed by atoms with Gasteiger partial charge in [0.05, 0.1) is 16.8 Å². The van der Waals surface area contributed by atoms with E-state index in [4.69, 9.17) is 11.6 Å². The van der Waals surface area contributed by atoms with Gasteiger partial charge in [0.25, 0.3) is 0 Å². The van der Waals surface area contributed by atoms with E-state index < -0.39 is 10.0 Å². The van der Waals surface area contributed by atoms with Crippen LogP contribution in [0, 0.1) is 0 Å². The third kappa shape index (κ3) is 5.22. The summed E-state index contributed by atoms with van der Waals surface area (Å²) in [5, 5.41) is 7.36. The van der Waals surface area contributed by atoms with Gasteiger partial charge in [0, 0.05) is 29.1 Å². The molecule has 0 saturated carbocycles. The number of hydrazone groups is 1. The van der Waals surface area contributed by atoms with Crippen LogP contribution < -0.4 is 5.43 Å². The molecule has 0 aliphatic carbocycles. The quantitative estimate of drug-likeness (QED) is 0.391. The minimum atomic E-state index is -3.46. The summed E-state index contributed by atoms with van der Waals surface area (Å²) in [4.78, 5) is 4.78. The van der Waals surface area contributed by atoms with Gasteiger partial charge in [-0.3, -0.25) is 5.43 Å². The Bertz CT molecular complexity index is 1090. The average molecular weight is 449 g/mol. The van der Waals surface area contributed by atoms with Crippen molar-refractivity contribution in [1.82, 2.24) is 9.29 Å². The molecule has 3 aromatic rings. The Hall–Kier alpha value is -2.26. The van der Waals surface area contributed by atoms with Gasteiger partial charge in [-0.05, 0) is 29.8 Å². The molecule has 9 heteroatoms. The summed E-state index contributed by atoms with van der Waals surface area (Å²) in [7, 11) is -3.46. The van der Waals surface area contributed by atoms with E-state index in [1.54, 1.807) is 36.5 Å². The lowest BCUT2D eigenvalue weighted by Crippen LogP contribution is -2.30. The van der Waals surface area contributed by atoms with Gasteiger partial charge in [0.15, 0.2) is 0 Å². The maximum absolute atomic E-state index is 12.6. The molecule has 1 N–H and O–H groups in total. The van der Waals surface area contributed by atoms with Crippen molar-refractivity contribution < 1.29 is 8.42 Å². The summed E-state index contributed by atoms with van der Waals surface area (Å²) < 4.78 is 26.6. The van der Waals surface area contributed by atoms with Crippen LogP contribution in [0.1, 0.15) is 19.4 Å². The molecule has 152 valence electrons. The number of halogens is 1. The molecule has 0 unspecified atom stereocenters. The largest absolute Gasteiger partial charge is 0.253 e. The van der Waals surface area contributed by atoms with Crippen LogP contribution in [0.5, 0.6) is 0 Å². The summed E-state index contributed by atoms with van der Waals surface area (Å²) >= 11 is 7.37. The first kappa shape index (κ1) is 21.4. The minimum Gasteiger partial charge on any atom is -0.253 e. The second kappa shape index (κ2) is 9.49. The normalized spacial score (nSPS) is 12.0. The summed E-state index contributed by atoms with van der Waals surface area (Å²) in [5.41, 5.74) is 5.37. The highest BCUT2D eigenvalue weighted by Crippen LogP contribution is 2.26. The Kier molecular flexibility index (Phi) is 7.02. The first-order valence-electron chi connectivity index (χ1n) is 9.04. The number of hydrogen-bond acceptors (Lipinski definition) is 6. The van der Waals surface area contributed by atoms with Gasteiger partial charge >= 0.3 is 0 Å². The Morgan fingerprint density at radius 2 is 1.90 bits per heavy atom. The molecule has 0 saturated heterocycles. The zero-order valence-corrected chi connectivity index (χ0v) is 18.4. The molecule has 0 atom stereocenters. The minimum absolute atomic E-state index is 0.282. The van der Waals surface area contributed by atoms with E-state index in [0.717, 1.165) is 16.8 Å². The highest BCUT2D eigenvalue weighted by atomic mass is 35.5. The summed E-state index contributed by atoms with van der Waals surface area (Å²) in [6.07, 6.45) is 1.67. The fourth-order valence-corrected chi connectivity index (χ4v) is 5.04. The Morgan fingerprint density at radius 1 is 1.17 bits per heavy atom. The van der Waals surface area contributed by atoms with Gasteiger partial charge in [-0.15, -0.1) is 11.3 Å². The molecule has 3 rings (SSSR count). The molecule has 0 radical (unpaired) electrons. The molecule has 0 bridgehead atoms. The maximum atomic E-state index is 12.6. The highest BCUT2D eigenvalue weighted by molar-refractivity contribution is 7.89. The zero-order valence-electron chi connectivity index (χ0n) is 16.0. The van der Waals surface area contributed by atoms with E-state index in [0.29, 0.717) is 23.2 Å².